The highest BCUT2D eigenvalue weighted by molar-refractivity contribution is 7.81. The fraction of sp³-hybridized carbons (Fsp3) is 0.333. The van der Waals surface area contributed by atoms with Crippen LogP contribution >= 0.6 is 0 Å². The molecule has 0 radical (unpaired) electrons. The van der Waals surface area contributed by atoms with Crippen LogP contribution in [0.2, 0.25) is 0 Å². The predicted octanol–water partition coefficient (Wildman–Crippen LogP) is 4.17. The molecule has 172 valence electrons. The number of rotatable bonds is 9. The second-order valence-electron chi connectivity index (χ2n) is 6.46. The summed E-state index contributed by atoms with van der Waals surface area (Å²) in [6, 6.07) is 18.3. The maximum atomic E-state index is 10.4. The van der Waals surface area contributed by atoms with Crippen LogP contribution in [0.15, 0.2) is 71.2 Å². The van der Waals surface area contributed by atoms with E-state index in [0.29, 0.717) is 5.95 Å². The zero-order valence-corrected chi connectivity index (χ0v) is 19.4. The van der Waals surface area contributed by atoms with Gasteiger partial charge in [0.15, 0.2) is 0 Å². The molecule has 0 amide bonds. The van der Waals surface area contributed by atoms with E-state index in [9.17, 15) is 8.42 Å². The standard InChI is InChI=1S/C17H18N6.C4H10O4S/c1-22(12-14-6-4-3-5-7-14)16-10-8-15(9-11-16)20-21-17-18-13-19-23(17)2;1-3-7-9(5,6)8-4-2/h3-11,13H,12H2,1-2H3;3-4H2,1-2H3. The Labute approximate surface area is 188 Å². The number of aryl methyl sites for hydroxylation is 1. The minimum absolute atomic E-state index is 0.113. The Bertz CT molecular complexity index is 1060. The lowest BCUT2D eigenvalue weighted by molar-refractivity contribution is 0.231. The number of hydrogen-bond acceptors (Lipinski definition) is 9. The Morgan fingerprint density at radius 2 is 1.59 bits per heavy atom. The van der Waals surface area contributed by atoms with E-state index in [-0.39, 0.29) is 13.2 Å². The van der Waals surface area contributed by atoms with Gasteiger partial charge in [0.05, 0.1) is 18.9 Å². The molecule has 1 aromatic heterocycles. The minimum Gasteiger partial charge on any atom is -0.370 e. The number of azo groups is 1. The second-order valence-corrected chi connectivity index (χ2v) is 7.75. The molecule has 0 aliphatic heterocycles. The lowest BCUT2D eigenvalue weighted by Gasteiger charge is -2.19. The molecule has 2 aromatic carbocycles. The van der Waals surface area contributed by atoms with Gasteiger partial charge in [-0.1, -0.05) is 30.3 Å². The van der Waals surface area contributed by atoms with Crippen LogP contribution in [0.1, 0.15) is 19.4 Å². The summed E-state index contributed by atoms with van der Waals surface area (Å²) in [5.41, 5.74) is 3.19. The van der Waals surface area contributed by atoms with Crippen LogP contribution in [0.5, 0.6) is 0 Å². The van der Waals surface area contributed by atoms with Crippen molar-refractivity contribution in [2.75, 3.05) is 25.2 Å². The summed E-state index contributed by atoms with van der Waals surface area (Å²) >= 11 is 0. The van der Waals surface area contributed by atoms with Crippen LogP contribution in [0.4, 0.5) is 17.3 Å². The lowest BCUT2D eigenvalue weighted by Crippen LogP contribution is -2.15. The third-order valence-electron chi connectivity index (χ3n) is 4.02. The van der Waals surface area contributed by atoms with Crippen molar-refractivity contribution in [3.63, 3.8) is 0 Å². The van der Waals surface area contributed by atoms with Gasteiger partial charge in [-0.3, -0.25) is 0 Å². The van der Waals surface area contributed by atoms with Gasteiger partial charge >= 0.3 is 10.4 Å². The highest BCUT2D eigenvalue weighted by atomic mass is 32.3. The van der Waals surface area contributed by atoms with Crippen molar-refractivity contribution in [3.05, 3.63) is 66.5 Å². The molecule has 0 aliphatic carbocycles. The summed E-state index contributed by atoms with van der Waals surface area (Å²) < 4.78 is 30.8. The van der Waals surface area contributed by atoms with E-state index in [1.54, 1.807) is 25.6 Å². The average molecular weight is 461 g/mol. The van der Waals surface area contributed by atoms with Gasteiger partial charge in [0.2, 0.25) is 0 Å². The molecule has 0 N–H and O–H groups in total. The molecule has 0 spiro atoms. The zero-order valence-electron chi connectivity index (χ0n) is 18.6. The first-order valence-corrected chi connectivity index (χ1v) is 11.3. The molecule has 0 bridgehead atoms. The molecule has 32 heavy (non-hydrogen) atoms. The molecular formula is C21H28N6O4S. The predicted molar refractivity (Wildman–Crippen MR) is 122 cm³/mol. The molecule has 0 saturated carbocycles. The Balaban J connectivity index is 0.000000344. The fourth-order valence-corrected chi connectivity index (χ4v) is 3.17. The Morgan fingerprint density at radius 3 is 2.12 bits per heavy atom. The highest BCUT2D eigenvalue weighted by Crippen LogP contribution is 2.21. The Kier molecular flexibility index (Phi) is 9.92. The van der Waals surface area contributed by atoms with Crippen molar-refractivity contribution >= 4 is 27.7 Å². The van der Waals surface area contributed by atoms with Gasteiger partial charge in [-0.2, -0.15) is 18.5 Å². The Hall–Kier alpha value is -3.15. The van der Waals surface area contributed by atoms with Crippen molar-refractivity contribution in [1.29, 1.82) is 0 Å². The summed E-state index contributed by atoms with van der Waals surface area (Å²) in [6.07, 6.45) is 1.45. The molecule has 10 nitrogen and oxygen atoms in total. The molecule has 0 fully saturated rings. The van der Waals surface area contributed by atoms with Crippen molar-refractivity contribution in [3.8, 4) is 0 Å². The van der Waals surface area contributed by atoms with Crippen LogP contribution in [0, 0.1) is 0 Å². The fourth-order valence-electron chi connectivity index (χ4n) is 2.53. The van der Waals surface area contributed by atoms with Crippen molar-refractivity contribution in [2.45, 2.75) is 20.4 Å². The molecule has 0 aliphatic rings. The van der Waals surface area contributed by atoms with Gasteiger partial charge in [0.1, 0.15) is 6.33 Å². The van der Waals surface area contributed by atoms with Crippen LogP contribution in [-0.4, -0.2) is 43.4 Å². The van der Waals surface area contributed by atoms with Crippen molar-refractivity contribution in [1.82, 2.24) is 14.8 Å². The van der Waals surface area contributed by atoms with E-state index in [2.05, 4.69) is 64.9 Å². The molecule has 11 heteroatoms. The van der Waals surface area contributed by atoms with Crippen molar-refractivity contribution < 1.29 is 16.8 Å². The van der Waals surface area contributed by atoms with E-state index < -0.39 is 10.4 Å². The first kappa shape index (κ1) is 25.1. The van der Waals surface area contributed by atoms with E-state index >= 15 is 0 Å². The third-order valence-corrected chi connectivity index (χ3v) is 5.07. The quantitative estimate of drug-likeness (QED) is 0.441. The summed E-state index contributed by atoms with van der Waals surface area (Å²) in [4.78, 5) is 6.20. The number of hydrogen-bond donors (Lipinski definition) is 0. The highest BCUT2D eigenvalue weighted by Gasteiger charge is 2.07. The van der Waals surface area contributed by atoms with Gasteiger partial charge in [0, 0.05) is 26.3 Å². The first-order valence-electron chi connectivity index (χ1n) is 9.99. The molecule has 0 unspecified atom stereocenters. The smallest absolute Gasteiger partial charge is 0.370 e. The number of benzene rings is 2. The third kappa shape index (κ3) is 8.53. The van der Waals surface area contributed by atoms with Crippen LogP contribution < -0.4 is 4.90 Å². The van der Waals surface area contributed by atoms with Crippen molar-refractivity contribution in [2.24, 2.45) is 17.3 Å². The second kappa shape index (κ2) is 12.6. The SMILES string of the molecule is CCOS(=O)(=O)OCC.CN(Cc1ccccc1)c1ccc(N=Nc2ncnn2C)cc1. The monoisotopic (exact) mass is 460 g/mol. The maximum absolute atomic E-state index is 10.4. The zero-order chi connectivity index (χ0) is 23.4. The van der Waals surface area contributed by atoms with E-state index in [0.717, 1.165) is 17.9 Å². The summed E-state index contributed by atoms with van der Waals surface area (Å²) in [5.74, 6) is 0.482. The van der Waals surface area contributed by atoms with Gasteiger partial charge in [-0.25, -0.2) is 13.0 Å². The van der Waals surface area contributed by atoms with Crippen LogP contribution in [-0.2, 0) is 32.4 Å². The number of aromatic nitrogens is 3. The minimum atomic E-state index is -3.68. The molecule has 1 heterocycles. The van der Waals surface area contributed by atoms with Crippen LogP contribution in [0.25, 0.3) is 0 Å². The maximum Gasteiger partial charge on any atom is 0.399 e. The molecule has 0 atom stereocenters. The van der Waals surface area contributed by atoms with E-state index in [1.807, 2.05) is 30.3 Å². The number of anilines is 1. The average Bonchev–Trinajstić information content (AvgIpc) is 3.18. The van der Waals surface area contributed by atoms with Gasteiger partial charge in [-0.05, 0) is 43.7 Å². The van der Waals surface area contributed by atoms with Gasteiger partial charge < -0.3 is 4.90 Å². The summed E-state index contributed by atoms with van der Waals surface area (Å²) in [6.45, 7) is 4.25. The van der Waals surface area contributed by atoms with Gasteiger partial charge in [0.25, 0.3) is 5.95 Å². The molecular weight excluding hydrogens is 432 g/mol. The molecule has 3 aromatic rings. The first-order chi connectivity index (χ1) is 15.3. The largest absolute Gasteiger partial charge is 0.399 e. The molecule has 3 rings (SSSR count). The number of nitrogens with zero attached hydrogens (tertiary/aromatic N) is 6. The lowest BCUT2D eigenvalue weighted by atomic mass is 10.2. The van der Waals surface area contributed by atoms with Gasteiger partial charge in [-0.15, -0.1) is 10.2 Å². The topological polar surface area (TPSA) is 111 Å². The summed E-state index contributed by atoms with van der Waals surface area (Å²) in [5, 5.41) is 12.2. The molecule has 0 saturated heterocycles. The summed E-state index contributed by atoms with van der Waals surface area (Å²) in [7, 11) is 0.172. The Morgan fingerprint density at radius 1 is 0.969 bits per heavy atom. The normalized spacial score (nSPS) is 11.2. The van der Waals surface area contributed by atoms with Crippen LogP contribution in [0.3, 0.4) is 0 Å². The van der Waals surface area contributed by atoms with E-state index in [1.165, 1.54) is 11.9 Å². The van der Waals surface area contributed by atoms with E-state index in [4.69, 9.17) is 0 Å².